The fourth-order valence-electron chi connectivity index (χ4n) is 1.45. The van der Waals surface area contributed by atoms with Crippen LogP contribution < -0.4 is 0 Å². The Labute approximate surface area is 84.9 Å². The molecule has 0 bridgehead atoms. The normalized spacial score (nSPS) is 19.3. The van der Waals surface area contributed by atoms with Crippen LogP contribution in [0.25, 0.3) is 0 Å². The molecule has 2 nitrogen and oxygen atoms in total. The second-order valence-electron chi connectivity index (χ2n) is 4.27. The molecular weight excluding hydrogens is 196 g/mol. The van der Waals surface area contributed by atoms with E-state index in [1.165, 1.54) is 0 Å². The minimum atomic E-state index is -3.08. The molecular formula is C11H14O2S. The summed E-state index contributed by atoms with van der Waals surface area (Å²) in [6.45, 7) is 3.78. The van der Waals surface area contributed by atoms with E-state index < -0.39 is 14.6 Å². The third-order valence-corrected chi connectivity index (χ3v) is 5.53. The first-order chi connectivity index (χ1) is 6.46. The molecule has 14 heavy (non-hydrogen) atoms. The predicted octanol–water partition coefficient (Wildman–Crippen LogP) is 2.32. The molecule has 0 atom stereocenters. The van der Waals surface area contributed by atoms with Crippen LogP contribution >= 0.6 is 0 Å². The zero-order valence-electron chi connectivity index (χ0n) is 8.45. The Balaban J connectivity index is 2.45. The summed E-state index contributed by atoms with van der Waals surface area (Å²) in [4.78, 5) is 0.461. The van der Waals surface area contributed by atoms with E-state index in [1.807, 2.05) is 26.0 Å². The number of hydrogen-bond acceptors (Lipinski definition) is 2. The summed E-state index contributed by atoms with van der Waals surface area (Å²) in [5.41, 5.74) is 1.09. The Hall–Kier alpha value is -0.830. The van der Waals surface area contributed by atoms with Crippen LogP contribution in [-0.2, 0) is 9.84 Å². The van der Waals surface area contributed by atoms with Gasteiger partial charge in [0.1, 0.15) is 0 Å². The Morgan fingerprint density at radius 2 is 1.64 bits per heavy atom. The third-order valence-electron chi connectivity index (χ3n) is 2.93. The summed E-state index contributed by atoms with van der Waals surface area (Å²) >= 11 is 0. The van der Waals surface area contributed by atoms with Crippen molar-refractivity contribution >= 4 is 9.84 Å². The first-order valence-corrected chi connectivity index (χ1v) is 6.25. The Morgan fingerprint density at radius 1 is 1.14 bits per heavy atom. The number of benzene rings is 1. The lowest BCUT2D eigenvalue weighted by molar-refractivity contribution is 0.582. The van der Waals surface area contributed by atoms with Gasteiger partial charge >= 0.3 is 0 Å². The van der Waals surface area contributed by atoms with Crippen LogP contribution in [0.4, 0.5) is 0 Å². The van der Waals surface area contributed by atoms with Gasteiger partial charge in [-0.1, -0.05) is 17.7 Å². The molecule has 0 aliphatic heterocycles. The largest absolute Gasteiger partial charge is 0.223 e. The Kier molecular flexibility index (Phi) is 1.96. The van der Waals surface area contributed by atoms with Crippen LogP contribution in [0.2, 0.25) is 0 Å². The number of rotatable bonds is 2. The molecule has 2 rings (SSSR count). The molecule has 0 amide bonds. The van der Waals surface area contributed by atoms with Crippen molar-refractivity contribution in [3.05, 3.63) is 29.8 Å². The fraction of sp³-hybridized carbons (Fsp3) is 0.455. The van der Waals surface area contributed by atoms with E-state index in [0.717, 1.165) is 18.4 Å². The van der Waals surface area contributed by atoms with Gasteiger partial charge in [0.15, 0.2) is 9.84 Å². The van der Waals surface area contributed by atoms with E-state index in [9.17, 15) is 8.42 Å². The number of aryl methyl sites for hydroxylation is 1. The van der Waals surface area contributed by atoms with Crippen LogP contribution in [-0.4, -0.2) is 13.2 Å². The molecule has 0 radical (unpaired) electrons. The average molecular weight is 210 g/mol. The average Bonchev–Trinajstić information content (AvgIpc) is 2.86. The van der Waals surface area contributed by atoms with Crippen molar-refractivity contribution in [3.63, 3.8) is 0 Å². The van der Waals surface area contributed by atoms with Crippen LogP contribution in [0.15, 0.2) is 29.2 Å². The highest BCUT2D eigenvalue weighted by Crippen LogP contribution is 2.46. The Bertz CT molecular complexity index is 439. The maximum absolute atomic E-state index is 12.0. The van der Waals surface area contributed by atoms with E-state index in [0.29, 0.717) is 4.90 Å². The first-order valence-electron chi connectivity index (χ1n) is 4.77. The molecule has 0 spiro atoms. The van der Waals surface area contributed by atoms with Crippen molar-refractivity contribution in [2.75, 3.05) is 0 Å². The first kappa shape index (κ1) is 9.71. The van der Waals surface area contributed by atoms with Gasteiger partial charge in [-0.05, 0) is 38.8 Å². The second kappa shape index (κ2) is 2.83. The molecule has 1 aliphatic carbocycles. The lowest BCUT2D eigenvalue weighted by atomic mass is 10.2. The second-order valence-corrected chi connectivity index (χ2v) is 6.73. The van der Waals surface area contributed by atoms with E-state index >= 15 is 0 Å². The molecule has 76 valence electrons. The molecule has 0 unspecified atom stereocenters. The SMILES string of the molecule is Cc1ccc(S(=O)(=O)C2(C)CC2)cc1. The van der Waals surface area contributed by atoms with E-state index in [-0.39, 0.29) is 0 Å². The summed E-state index contributed by atoms with van der Waals surface area (Å²) in [5.74, 6) is 0. The fourth-order valence-corrected chi connectivity index (χ4v) is 3.15. The minimum Gasteiger partial charge on any atom is -0.223 e. The van der Waals surface area contributed by atoms with Gasteiger partial charge in [0, 0.05) is 0 Å². The number of hydrogen-bond donors (Lipinski definition) is 0. The summed E-state index contributed by atoms with van der Waals surface area (Å²) in [7, 11) is -3.08. The summed E-state index contributed by atoms with van der Waals surface area (Å²) in [6, 6.07) is 7.10. The van der Waals surface area contributed by atoms with E-state index in [1.54, 1.807) is 12.1 Å². The Morgan fingerprint density at radius 3 is 2.07 bits per heavy atom. The van der Waals surface area contributed by atoms with Gasteiger partial charge in [-0.2, -0.15) is 0 Å². The zero-order chi connectivity index (χ0) is 10.4. The smallest absolute Gasteiger partial charge is 0.183 e. The molecule has 3 heteroatoms. The maximum atomic E-state index is 12.0. The predicted molar refractivity (Wildman–Crippen MR) is 56.0 cm³/mol. The molecule has 1 aromatic carbocycles. The maximum Gasteiger partial charge on any atom is 0.183 e. The topological polar surface area (TPSA) is 34.1 Å². The highest BCUT2D eigenvalue weighted by molar-refractivity contribution is 7.93. The molecule has 1 aliphatic rings. The molecule has 0 N–H and O–H groups in total. The van der Waals surface area contributed by atoms with E-state index in [4.69, 9.17) is 0 Å². The molecule has 0 aromatic heterocycles. The van der Waals surface area contributed by atoms with Crippen LogP contribution in [0, 0.1) is 6.92 Å². The lowest BCUT2D eigenvalue weighted by Gasteiger charge is -2.10. The minimum absolute atomic E-state index is 0.461. The standard InChI is InChI=1S/C11H14O2S/c1-9-3-5-10(6-4-9)14(12,13)11(2)7-8-11/h3-6H,7-8H2,1-2H3. The van der Waals surface area contributed by atoms with Crippen molar-refractivity contribution in [1.29, 1.82) is 0 Å². The van der Waals surface area contributed by atoms with Gasteiger partial charge in [-0.25, -0.2) is 8.42 Å². The van der Waals surface area contributed by atoms with Crippen molar-refractivity contribution in [3.8, 4) is 0 Å². The van der Waals surface area contributed by atoms with Gasteiger partial charge in [-0.15, -0.1) is 0 Å². The third kappa shape index (κ3) is 1.36. The van der Waals surface area contributed by atoms with Gasteiger partial charge < -0.3 is 0 Å². The highest BCUT2D eigenvalue weighted by Gasteiger charge is 2.50. The molecule has 1 fully saturated rings. The molecule has 1 saturated carbocycles. The van der Waals surface area contributed by atoms with Gasteiger partial charge in [0.2, 0.25) is 0 Å². The monoisotopic (exact) mass is 210 g/mol. The van der Waals surface area contributed by atoms with E-state index in [2.05, 4.69) is 0 Å². The van der Waals surface area contributed by atoms with Crippen LogP contribution in [0.3, 0.4) is 0 Å². The van der Waals surface area contributed by atoms with Crippen LogP contribution in [0.1, 0.15) is 25.3 Å². The van der Waals surface area contributed by atoms with Crippen molar-refractivity contribution < 1.29 is 8.42 Å². The summed E-state index contributed by atoms with van der Waals surface area (Å²) in [5, 5.41) is 0. The lowest BCUT2D eigenvalue weighted by Crippen LogP contribution is -2.18. The van der Waals surface area contributed by atoms with Gasteiger partial charge in [-0.3, -0.25) is 0 Å². The quantitative estimate of drug-likeness (QED) is 0.750. The van der Waals surface area contributed by atoms with Crippen molar-refractivity contribution in [1.82, 2.24) is 0 Å². The summed E-state index contributed by atoms with van der Waals surface area (Å²) < 4.78 is 23.6. The molecule has 1 aromatic rings. The molecule has 0 heterocycles. The van der Waals surface area contributed by atoms with Crippen molar-refractivity contribution in [2.45, 2.75) is 36.3 Å². The molecule has 0 saturated heterocycles. The number of sulfone groups is 1. The highest BCUT2D eigenvalue weighted by atomic mass is 32.2. The zero-order valence-corrected chi connectivity index (χ0v) is 9.26. The summed E-state index contributed by atoms with van der Waals surface area (Å²) in [6.07, 6.45) is 1.59. The van der Waals surface area contributed by atoms with Crippen LogP contribution in [0.5, 0.6) is 0 Å². The van der Waals surface area contributed by atoms with Gasteiger partial charge in [0.25, 0.3) is 0 Å². The van der Waals surface area contributed by atoms with Crippen molar-refractivity contribution in [2.24, 2.45) is 0 Å². The van der Waals surface area contributed by atoms with Gasteiger partial charge in [0.05, 0.1) is 9.64 Å².